The highest BCUT2D eigenvalue weighted by Gasteiger charge is 2.30. The van der Waals surface area contributed by atoms with Crippen LogP contribution in [-0.2, 0) is 11.2 Å². The van der Waals surface area contributed by atoms with Crippen LogP contribution in [0.5, 0.6) is 0 Å². The second-order valence-corrected chi connectivity index (χ2v) is 5.64. The molecule has 2 unspecified atom stereocenters. The molecule has 2 atom stereocenters. The SMILES string of the molecule is CCc1ccc(C(N)C(OC)C(C)(C)C)cc1. The Morgan fingerprint density at radius 3 is 2.06 bits per heavy atom. The van der Waals surface area contributed by atoms with Gasteiger partial charge in [0.05, 0.1) is 12.1 Å². The van der Waals surface area contributed by atoms with Gasteiger partial charge in [-0.3, -0.25) is 0 Å². The summed E-state index contributed by atoms with van der Waals surface area (Å²) in [6.45, 7) is 8.62. The Bertz CT molecular complexity index is 337. The number of hydrogen-bond donors (Lipinski definition) is 1. The quantitative estimate of drug-likeness (QED) is 0.869. The monoisotopic (exact) mass is 235 g/mol. The lowest BCUT2D eigenvalue weighted by Gasteiger charge is -2.34. The summed E-state index contributed by atoms with van der Waals surface area (Å²) in [6, 6.07) is 8.43. The van der Waals surface area contributed by atoms with Gasteiger partial charge in [0.1, 0.15) is 0 Å². The van der Waals surface area contributed by atoms with Gasteiger partial charge in [-0.15, -0.1) is 0 Å². The molecular formula is C15H25NO. The molecule has 0 radical (unpaired) electrons. The van der Waals surface area contributed by atoms with Crippen molar-refractivity contribution in [2.24, 2.45) is 11.1 Å². The zero-order chi connectivity index (χ0) is 13.1. The molecular weight excluding hydrogens is 210 g/mol. The summed E-state index contributed by atoms with van der Waals surface area (Å²) >= 11 is 0. The van der Waals surface area contributed by atoms with Crippen LogP contribution in [0, 0.1) is 5.41 Å². The topological polar surface area (TPSA) is 35.2 Å². The lowest BCUT2D eigenvalue weighted by molar-refractivity contribution is -0.00243. The van der Waals surface area contributed by atoms with Crippen LogP contribution in [0.3, 0.4) is 0 Å². The third-order valence-corrected chi connectivity index (χ3v) is 3.21. The van der Waals surface area contributed by atoms with Crippen LogP contribution in [0.1, 0.15) is 44.9 Å². The van der Waals surface area contributed by atoms with Crippen LogP contribution in [-0.4, -0.2) is 13.2 Å². The van der Waals surface area contributed by atoms with Gasteiger partial charge in [0.25, 0.3) is 0 Å². The maximum atomic E-state index is 6.30. The summed E-state index contributed by atoms with van der Waals surface area (Å²) in [4.78, 5) is 0. The Balaban J connectivity index is 2.90. The van der Waals surface area contributed by atoms with E-state index in [0.29, 0.717) is 0 Å². The summed E-state index contributed by atoms with van der Waals surface area (Å²) < 4.78 is 5.56. The van der Waals surface area contributed by atoms with Crippen molar-refractivity contribution < 1.29 is 4.74 Å². The van der Waals surface area contributed by atoms with Crippen LogP contribution < -0.4 is 5.73 Å². The first-order valence-electron chi connectivity index (χ1n) is 6.27. The fraction of sp³-hybridized carbons (Fsp3) is 0.600. The molecule has 0 saturated heterocycles. The predicted octanol–water partition coefficient (Wildman–Crippen LogP) is 3.31. The molecule has 1 aromatic carbocycles. The average molecular weight is 235 g/mol. The Hall–Kier alpha value is -0.860. The summed E-state index contributed by atoms with van der Waals surface area (Å²) in [5.41, 5.74) is 8.82. The van der Waals surface area contributed by atoms with Crippen molar-refractivity contribution in [2.45, 2.75) is 46.3 Å². The van der Waals surface area contributed by atoms with Gasteiger partial charge in [-0.05, 0) is 23.0 Å². The summed E-state index contributed by atoms with van der Waals surface area (Å²) in [6.07, 6.45) is 1.08. The molecule has 0 aliphatic carbocycles. The standard InChI is InChI=1S/C15H25NO/c1-6-11-7-9-12(10-8-11)13(16)14(17-5)15(2,3)4/h7-10,13-14H,6,16H2,1-5H3. The lowest BCUT2D eigenvalue weighted by atomic mass is 9.82. The third-order valence-electron chi connectivity index (χ3n) is 3.21. The Morgan fingerprint density at radius 2 is 1.71 bits per heavy atom. The molecule has 0 fully saturated rings. The van der Waals surface area contributed by atoms with Crippen LogP contribution >= 0.6 is 0 Å². The Kier molecular flexibility index (Phi) is 4.72. The van der Waals surface area contributed by atoms with Crippen LogP contribution in [0.2, 0.25) is 0 Å². The molecule has 0 bridgehead atoms. The molecule has 0 aliphatic heterocycles. The summed E-state index contributed by atoms with van der Waals surface area (Å²) in [5.74, 6) is 0. The predicted molar refractivity (Wildman–Crippen MR) is 73.0 cm³/mol. The molecule has 2 nitrogen and oxygen atoms in total. The molecule has 96 valence electrons. The van der Waals surface area contributed by atoms with E-state index in [0.717, 1.165) is 12.0 Å². The molecule has 0 spiro atoms. The van der Waals surface area contributed by atoms with Crippen molar-refractivity contribution in [2.75, 3.05) is 7.11 Å². The molecule has 0 aromatic heterocycles. The van der Waals surface area contributed by atoms with Crippen molar-refractivity contribution in [3.63, 3.8) is 0 Å². The maximum Gasteiger partial charge on any atom is 0.0811 e. The minimum Gasteiger partial charge on any atom is -0.379 e. The normalized spacial score (nSPS) is 15.6. The highest BCUT2D eigenvalue weighted by atomic mass is 16.5. The molecule has 0 saturated carbocycles. The molecule has 0 aliphatic rings. The fourth-order valence-electron chi connectivity index (χ4n) is 2.19. The second kappa shape index (κ2) is 5.65. The van der Waals surface area contributed by atoms with Crippen molar-refractivity contribution in [1.29, 1.82) is 0 Å². The summed E-state index contributed by atoms with van der Waals surface area (Å²) in [7, 11) is 1.73. The van der Waals surface area contributed by atoms with E-state index in [1.54, 1.807) is 7.11 Å². The van der Waals surface area contributed by atoms with Crippen molar-refractivity contribution >= 4 is 0 Å². The lowest BCUT2D eigenvalue weighted by Crippen LogP contribution is -2.38. The van der Waals surface area contributed by atoms with E-state index in [9.17, 15) is 0 Å². The van der Waals surface area contributed by atoms with Gasteiger partial charge >= 0.3 is 0 Å². The molecule has 0 amide bonds. The van der Waals surface area contributed by atoms with Crippen molar-refractivity contribution in [3.05, 3.63) is 35.4 Å². The van der Waals surface area contributed by atoms with Gasteiger partial charge in [-0.1, -0.05) is 52.0 Å². The van der Waals surface area contributed by atoms with Crippen molar-refractivity contribution in [1.82, 2.24) is 0 Å². The molecule has 0 heterocycles. The number of aryl methyl sites for hydroxylation is 1. The van der Waals surface area contributed by atoms with E-state index in [1.165, 1.54) is 5.56 Å². The first-order valence-corrected chi connectivity index (χ1v) is 6.27. The van der Waals surface area contributed by atoms with Crippen LogP contribution in [0.15, 0.2) is 24.3 Å². The first kappa shape index (κ1) is 14.2. The van der Waals surface area contributed by atoms with Crippen molar-refractivity contribution in [3.8, 4) is 0 Å². The van der Waals surface area contributed by atoms with E-state index in [2.05, 4.69) is 52.0 Å². The molecule has 2 heteroatoms. The Morgan fingerprint density at radius 1 is 1.18 bits per heavy atom. The van der Waals surface area contributed by atoms with Gasteiger partial charge in [0, 0.05) is 7.11 Å². The highest BCUT2D eigenvalue weighted by molar-refractivity contribution is 5.26. The van der Waals surface area contributed by atoms with Gasteiger partial charge in [0.15, 0.2) is 0 Å². The van der Waals surface area contributed by atoms with Gasteiger partial charge < -0.3 is 10.5 Å². The number of ether oxygens (including phenoxy) is 1. The maximum absolute atomic E-state index is 6.30. The zero-order valence-electron chi connectivity index (χ0n) is 11.7. The molecule has 1 aromatic rings. The summed E-state index contributed by atoms with van der Waals surface area (Å²) in [5, 5.41) is 0. The highest BCUT2D eigenvalue weighted by Crippen LogP contribution is 2.30. The van der Waals surface area contributed by atoms with Crippen LogP contribution in [0.4, 0.5) is 0 Å². The zero-order valence-corrected chi connectivity index (χ0v) is 11.7. The molecule has 17 heavy (non-hydrogen) atoms. The van der Waals surface area contributed by atoms with E-state index in [1.807, 2.05) is 0 Å². The van der Waals surface area contributed by atoms with Gasteiger partial charge in [-0.2, -0.15) is 0 Å². The minimum absolute atomic E-state index is 0.0231. The minimum atomic E-state index is -0.0779. The smallest absolute Gasteiger partial charge is 0.0811 e. The third kappa shape index (κ3) is 3.55. The van der Waals surface area contributed by atoms with Gasteiger partial charge in [-0.25, -0.2) is 0 Å². The Labute approximate surface area is 105 Å². The number of methoxy groups -OCH3 is 1. The first-order chi connectivity index (χ1) is 7.90. The van der Waals surface area contributed by atoms with E-state index >= 15 is 0 Å². The van der Waals surface area contributed by atoms with E-state index in [4.69, 9.17) is 10.5 Å². The molecule has 1 rings (SSSR count). The second-order valence-electron chi connectivity index (χ2n) is 5.64. The van der Waals surface area contributed by atoms with Gasteiger partial charge in [0.2, 0.25) is 0 Å². The molecule has 2 N–H and O–H groups in total. The largest absolute Gasteiger partial charge is 0.379 e. The number of rotatable bonds is 4. The van der Waals surface area contributed by atoms with Crippen LogP contribution in [0.25, 0.3) is 0 Å². The van der Waals surface area contributed by atoms with E-state index < -0.39 is 0 Å². The average Bonchev–Trinajstić information content (AvgIpc) is 2.28. The fourth-order valence-corrected chi connectivity index (χ4v) is 2.19. The van der Waals surface area contributed by atoms with E-state index in [-0.39, 0.29) is 17.6 Å². The number of nitrogens with two attached hydrogens (primary N) is 1. The number of benzene rings is 1. The number of hydrogen-bond acceptors (Lipinski definition) is 2.